The van der Waals surface area contributed by atoms with Crippen LogP contribution >= 0.6 is 0 Å². The Hall–Kier alpha value is -2.00. The van der Waals surface area contributed by atoms with Gasteiger partial charge < -0.3 is 4.74 Å². The average molecular weight is 339 g/mol. The van der Waals surface area contributed by atoms with E-state index < -0.39 is 0 Å². The minimum Gasteiger partial charge on any atom is -0.423 e. The van der Waals surface area contributed by atoms with Crippen molar-refractivity contribution in [2.45, 2.75) is 47.6 Å². The van der Waals surface area contributed by atoms with Crippen LogP contribution < -0.4 is 4.74 Å². The van der Waals surface area contributed by atoms with Gasteiger partial charge in [-0.3, -0.25) is 0 Å². The van der Waals surface area contributed by atoms with Gasteiger partial charge in [0.15, 0.2) is 9.79 Å². The Morgan fingerprint density at radius 3 is 2.17 bits per heavy atom. The summed E-state index contributed by atoms with van der Waals surface area (Å²) in [5, 5.41) is 0.719. The summed E-state index contributed by atoms with van der Waals surface area (Å²) in [5.74, 6) is 0.204. The van der Waals surface area contributed by atoms with Crippen molar-refractivity contribution in [3.63, 3.8) is 0 Å². The molecule has 0 aromatic heterocycles. The molecule has 1 atom stereocenters. The van der Waals surface area contributed by atoms with Crippen LogP contribution in [-0.4, -0.2) is 11.2 Å². The van der Waals surface area contributed by atoms with Crippen LogP contribution in [0.15, 0.2) is 76.5 Å². The van der Waals surface area contributed by atoms with Gasteiger partial charge in [-0.25, -0.2) is 4.79 Å². The van der Waals surface area contributed by atoms with E-state index in [2.05, 4.69) is 49.0 Å². The van der Waals surface area contributed by atoms with Crippen molar-refractivity contribution < 1.29 is 9.53 Å². The molecule has 2 nitrogen and oxygen atoms in total. The van der Waals surface area contributed by atoms with E-state index in [4.69, 9.17) is 4.74 Å². The summed E-state index contributed by atoms with van der Waals surface area (Å²) < 4.78 is 5.31. The lowest BCUT2D eigenvalue weighted by molar-refractivity contribution is -0.130. The fourth-order valence-corrected chi connectivity index (χ4v) is 5.79. The maximum atomic E-state index is 11.6. The third kappa shape index (κ3) is 3.90. The van der Waals surface area contributed by atoms with E-state index in [0.29, 0.717) is 11.3 Å². The summed E-state index contributed by atoms with van der Waals surface area (Å²) in [6.07, 6.45) is 5.25. The minimum atomic E-state index is -0.374. The van der Waals surface area contributed by atoms with E-state index in [0.717, 1.165) is 5.25 Å². The van der Waals surface area contributed by atoms with E-state index >= 15 is 0 Å². The van der Waals surface area contributed by atoms with Gasteiger partial charge >= 0.3 is 5.97 Å². The number of carbonyl (C=O) groups is 1. The first kappa shape index (κ1) is 16.8. The molecule has 0 heterocycles. The van der Waals surface area contributed by atoms with Crippen molar-refractivity contribution in [3.05, 3.63) is 66.7 Å². The van der Waals surface area contributed by atoms with Crippen LogP contribution in [0.2, 0.25) is 0 Å². The van der Waals surface area contributed by atoms with E-state index in [1.807, 2.05) is 12.1 Å². The maximum Gasteiger partial charge on any atom is 0.338 e. The van der Waals surface area contributed by atoms with Gasteiger partial charge in [0.1, 0.15) is 11.0 Å². The van der Waals surface area contributed by atoms with Crippen molar-refractivity contribution in [1.29, 1.82) is 0 Å². The number of carbonyl (C=O) groups excluding carboxylic acids is 1. The maximum absolute atomic E-state index is 11.6. The van der Waals surface area contributed by atoms with Crippen molar-refractivity contribution >= 4 is 16.9 Å². The highest BCUT2D eigenvalue weighted by atomic mass is 32.2. The molecule has 0 spiro atoms. The number of benzene rings is 2. The zero-order valence-electron chi connectivity index (χ0n) is 14.0. The van der Waals surface area contributed by atoms with Crippen LogP contribution in [0.5, 0.6) is 5.75 Å². The van der Waals surface area contributed by atoms with Crippen molar-refractivity contribution in [2.24, 2.45) is 0 Å². The molecule has 1 aliphatic carbocycles. The fraction of sp³-hybridized carbons (Fsp3) is 0.286. The number of rotatable bonds is 5. The highest BCUT2D eigenvalue weighted by molar-refractivity contribution is 7.97. The van der Waals surface area contributed by atoms with E-state index in [1.165, 1.54) is 35.5 Å². The highest BCUT2D eigenvalue weighted by Crippen LogP contribution is 2.36. The molecule has 0 saturated heterocycles. The second-order valence-corrected chi connectivity index (χ2v) is 8.48. The van der Waals surface area contributed by atoms with Crippen LogP contribution in [0.3, 0.4) is 0 Å². The van der Waals surface area contributed by atoms with E-state index in [1.54, 1.807) is 6.92 Å². The zero-order chi connectivity index (χ0) is 16.9. The molecule has 0 aliphatic heterocycles. The Kier molecular flexibility index (Phi) is 5.41. The van der Waals surface area contributed by atoms with Crippen LogP contribution in [-0.2, 0) is 15.7 Å². The Bertz CT molecular complexity index is 700. The monoisotopic (exact) mass is 339 g/mol. The molecule has 0 bridgehead atoms. The minimum absolute atomic E-state index is 0.0856. The summed E-state index contributed by atoms with van der Waals surface area (Å²) in [7, 11) is 0.0856. The molecule has 3 rings (SSSR count). The van der Waals surface area contributed by atoms with Gasteiger partial charge in [0.2, 0.25) is 0 Å². The fourth-order valence-electron chi connectivity index (χ4n) is 3.06. The second kappa shape index (κ2) is 7.71. The zero-order valence-corrected chi connectivity index (χ0v) is 14.9. The van der Waals surface area contributed by atoms with Crippen LogP contribution in [0.25, 0.3) is 0 Å². The van der Waals surface area contributed by atoms with Gasteiger partial charge in [-0.1, -0.05) is 24.8 Å². The molecule has 1 fully saturated rings. The van der Waals surface area contributed by atoms with Crippen LogP contribution in [0.4, 0.5) is 0 Å². The van der Waals surface area contributed by atoms with Gasteiger partial charge in [0.05, 0.1) is 10.9 Å². The molecule has 2 aromatic carbocycles. The van der Waals surface area contributed by atoms with Crippen LogP contribution in [0.1, 0.15) is 32.6 Å². The summed E-state index contributed by atoms with van der Waals surface area (Å²) in [5.41, 5.74) is 0.411. The Balaban J connectivity index is 1.85. The largest absolute Gasteiger partial charge is 0.423 e. The Labute approximate surface area is 146 Å². The molecular weight excluding hydrogens is 316 g/mol. The number of hydrogen-bond donors (Lipinski definition) is 0. The third-order valence-electron chi connectivity index (χ3n) is 4.27. The van der Waals surface area contributed by atoms with Gasteiger partial charge in [0.25, 0.3) is 0 Å². The summed E-state index contributed by atoms with van der Waals surface area (Å²) in [6.45, 7) is 5.27. The van der Waals surface area contributed by atoms with Crippen molar-refractivity contribution in [2.75, 3.05) is 0 Å². The molecule has 24 heavy (non-hydrogen) atoms. The molecule has 0 N–H and O–H groups in total. The lowest BCUT2D eigenvalue weighted by atomic mass is 10.3. The molecular formula is C21H23O2S+. The smallest absolute Gasteiger partial charge is 0.338 e. The van der Waals surface area contributed by atoms with Gasteiger partial charge in [-0.15, -0.1) is 0 Å². The summed E-state index contributed by atoms with van der Waals surface area (Å²) in [4.78, 5) is 14.4. The van der Waals surface area contributed by atoms with Gasteiger partial charge in [0, 0.05) is 5.57 Å². The first-order valence-electron chi connectivity index (χ1n) is 8.41. The predicted molar refractivity (Wildman–Crippen MR) is 99.5 cm³/mol. The lowest BCUT2D eigenvalue weighted by Crippen LogP contribution is -2.19. The van der Waals surface area contributed by atoms with Gasteiger partial charge in [-0.2, -0.15) is 0 Å². The molecule has 2 aromatic rings. The Morgan fingerprint density at radius 2 is 1.58 bits per heavy atom. The summed E-state index contributed by atoms with van der Waals surface area (Å²) >= 11 is 0. The van der Waals surface area contributed by atoms with E-state index in [-0.39, 0.29) is 16.9 Å². The summed E-state index contributed by atoms with van der Waals surface area (Å²) in [6, 6.07) is 18.8. The number of esters is 1. The molecule has 1 aliphatic rings. The SMILES string of the molecule is C=C(C)C(=O)Oc1ccc([S+](c2ccccc2)C2CCCC2)cc1. The first-order chi connectivity index (χ1) is 11.6. The molecule has 0 radical (unpaired) electrons. The third-order valence-corrected chi connectivity index (χ3v) is 6.97. The standard InChI is InChI=1S/C21H23O2S/c1-16(2)21(22)23-17-12-14-20(15-13-17)24(19-10-6-7-11-19)18-8-4-3-5-9-18/h3-5,8-9,12-15,19H,1,6-7,10-11H2,2H3/q+1. The van der Waals surface area contributed by atoms with E-state index in [9.17, 15) is 4.79 Å². The highest BCUT2D eigenvalue weighted by Gasteiger charge is 2.37. The molecule has 124 valence electrons. The number of hydrogen-bond acceptors (Lipinski definition) is 2. The van der Waals surface area contributed by atoms with Crippen molar-refractivity contribution in [3.8, 4) is 5.75 Å². The van der Waals surface area contributed by atoms with Crippen molar-refractivity contribution in [1.82, 2.24) is 0 Å². The van der Waals surface area contributed by atoms with Crippen LogP contribution in [0, 0.1) is 0 Å². The topological polar surface area (TPSA) is 26.3 Å². The normalized spacial score (nSPS) is 15.9. The first-order valence-corrected chi connectivity index (χ1v) is 9.70. The van der Waals surface area contributed by atoms with Gasteiger partial charge in [-0.05, 0) is 69.0 Å². The Morgan fingerprint density at radius 1 is 1.00 bits per heavy atom. The molecule has 1 saturated carbocycles. The predicted octanol–water partition coefficient (Wildman–Crippen LogP) is 5.15. The molecule has 0 amide bonds. The lowest BCUT2D eigenvalue weighted by Gasteiger charge is -2.14. The number of ether oxygens (including phenoxy) is 1. The second-order valence-electron chi connectivity index (χ2n) is 6.20. The molecule has 1 unspecified atom stereocenters. The quantitative estimate of drug-likeness (QED) is 0.326. The average Bonchev–Trinajstić information content (AvgIpc) is 3.11. The molecule has 3 heteroatoms.